The predicted molar refractivity (Wildman–Crippen MR) is 75.9 cm³/mol. The van der Waals surface area contributed by atoms with Gasteiger partial charge in [-0.25, -0.2) is 0 Å². The number of rotatable bonds is 1. The van der Waals surface area contributed by atoms with Crippen LogP contribution in [0.4, 0.5) is 0 Å². The van der Waals surface area contributed by atoms with Crippen molar-refractivity contribution in [3.8, 4) is 11.5 Å². The van der Waals surface area contributed by atoms with E-state index >= 15 is 0 Å². The third-order valence-corrected chi connectivity index (χ3v) is 4.97. The Labute approximate surface area is 121 Å². The van der Waals surface area contributed by atoms with Gasteiger partial charge in [-0.2, -0.15) is 0 Å². The zero-order chi connectivity index (χ0) is 13.5. The molecule has 0 aromatic heterocycles. The molecule has 3 aliphatic rings. The van der Waals surface area contributed by atoms with Crippen LogP contribution in [0.2, 0.25) is 0 Å². The molecule has 3 heterocycles. The summed E-state index contributed by atoms with van der Waals surface area (Å²) in [7, 11) is 0. The van der Waals surface area contributed by atoms with Gasteiger partial charge in [0.25, 0.3) is 0 Å². The molecule has 1 amide bonds. The van der Waals surface area contributed by atoms with Gasteiger partial charge in [0.2, 0.25) is 12.7 Å². The Bertz CT molecular complexity index is 558. The molecule has 3 aliphatic heterocycles. The number of amides is 1. The van der Waals surface area contributed by atoms with Crippen molar-refractivity contribution in [1.29, 1.82) is 0 Å². The smallest absolute Gasteiger partial charge is 0.240 e. The summed E-state index contributed by atoms with van der Waals surface area (Å²) in [6.45, 7) is 1.76. The van der Waals surface area contributed by atoms with Gasteiger partial charge in [0.1, 0.15) is 0 Å². The van der Waals surface area contributed by atoms with Crippen LogP contribution in [-0.2, 0) is 17.8 Å². The summed E-state index contributed by atoms with van der Waals surface area (Å²) < 4.78 is 10.8. The Morgan fingerprint density at radius 3 is 2.85 bits per heavy atom. The van der Waals surface area contributed by atoms with E-state index in [1.54, 1.807) is 11.8 Å². The van der Waals surface area contributed by atoms with Gasteiger partial charge in [0.05, 0.1) is 6.04 Å². The lowest BCUT2D eigenvalue weighted by atomic mass is 9.98. The molecule has 5 nitrogen and oxygen atoms in total. The molecule has 1 aromatic carbocycles. The van der Waals surface area contributed by atoms with Crippen molar-refractivity contribution in [2.75, 3.05) is 25.0 Å². The van der Waals surface area contributed by atoms with Gasteiger partial charge in [-0.15, -0.1) is 11.8 Å². The summed E-state index contributed by atoms with van der Waals surface area (Å²) in [5.74, 6) is 3.60. The summed E-state index contributed by atoms with van der Waals surface area (Å²) in [6, 6.07) is 4.06. The lowest BCUT2D eigenvalue weighted by Gasteiger charge is -2.30. The maximum Gasteiger partial charge on any atom is 0.240 e. The van der Waals surface area contributed by atoms with E-state index in [9.17, 15) is 4.79 Å². The van der Waals surface area contributed by atoms with Crippen molar-refractivity contribution >= 4 is 17.7 Å². The van der Waals surface area contributed by atoms with Gasteiger partial charge < -0.3 is 14.4 Å². The summed E-state index contributed by atoms with van der Waals surface area (Å²) in [5.41, 5.74) is 2.45. The average Bonchev–Trinajstić information content (AvgIpc) is 3.14. The molecule has 0 aliphatic carbocycles. The van der Waals surface area contributed by atoms with Crippen molar-refractivity contribution < 1.29 is 14.3 Å². The molecule has 1 aromatic rings. The molecule has 1 saturated heterocycles. The number of nitrogens with zero attached hydrogens (tertiary/aromatic N) is 1. The third kappa shape index (κ3) is 2.03. The van der Waals surface area contributed by atoms with Gasteiger partial charge in [-0.05, 0) is 29.7 Å². The Balaban J connectivity index is 1.55. The fourth-order valence-corrected chi connectivity index (χ4v) is 3.84. The average molecular weight is 292 g/mol. The first kappa shape index (κ1) is 12.3. The second-order valence-electron chi connectivity index (χ2n) is 5.26. The van der Waals surface area contributed by atoms with Crippen LogP contribution < -0.4 is 14.8 Å². The van der Waals surface area contributed by atoms with Crippen LogP contribution in [0.15, 0.2) is 12.1 Å². The van der Waals surface area contributed by atoms with Crippen LogP contribution in [0.3, 0.4) is 0 Å². The molecule has 4 rings (SSSR count). The molecule has 106 valence electrons. The fraction of sp³-hybridized carbons (Fsp3) is 0.500. The molecule has 1 atom stereocenters. The number of benzene rings is 1. The maximum absolute atomic E-state index is 12.4. The minimum Gasteiger partial charge on any atom is -0.454 e. The van der Waals surface area contributed by atoms with E-state index in [-0.39, 0.29) is 11.9 Å². The maximum atomic E-state index is 12.4. The second kappa shape index (κ2) is 4.86. The van der Waals surface area contributed by atoms with Crippen LogP contribution >= 0.6 is 11.8 Å². The van der Waals surface area contributed by atoms with E-state index in [1.807, 2.05) is 11.0 Å². The zero-order valence-corrected chi connectivity index (χ0v) is 11.9. The van der Waals surface area contributed by atoms with Gasteiger partial charge >= 0.3 is 0 Å². The number of carbonyl (C=O) groups excluding carboxylic acids is 1. The minimum atomic E-state index is -0.0180. The number of carbonyl (C=O) groups is 1. The SMILES string of the molecule is O=C(C1CSCN1)N1CCc2cc3c(cc2C1)OCO3. The number of nitrogens with one attached hydrogen (secondary N) is 1. The Hall–Kier alpha value is -1.40. The molecule has 0 bridgehead atoms. The Morgan fingerprint density at radius 1 is 1.30 bits per heavy atom. The molecule has 0 spiro atoms. The number of fused-ring (bicyclic) bond motifs is 2. The normalized spacial score (nSPS) is 23.8. The first-order valence-electron chi connectivity index (χ1n) is 6.82. The number of hydrogen-bond donors (Lipinski definition) is 1. The highest BCUT2D eigenvalue weighted by Gasteiger charge is 2.30. The number of hydrogen-bond acceptors (Lipinski definition) is 5. The van der Waals surface area contributed by atoms with Crippen LogP contribution in [0.1, 0.15) is 11.1 Å². The highest BCUT2D eigenvalue weighted by molar-refractivity contribution is 7.99. The molecule has 0 radical (unpaired) electrons. The van der Waals surface area contributed by atoms with E-state index in [0.717, 1.165) is 36.1 Å². The van der Waals surface area contributed by atoms with Crippen LogP contribution in [0, 0.1) is 0 Å². The van der Waals surface area contributed by atoms with Crippen molar-refractivity contribution in [2.45, 2.75) is 19.0 Å². The Kier molecular flexibility index (Phi) is 3.00. The first-order chi connectivity index (χ1) is 9.81. The molecule has 20 heavy (non-hydrogen) atoms. The van der Waals surface area contributed by atoms with Gasteiger partial charge in [-0.1, -0.05) is 0 Å². The van der Waals surface area contributed by atoms with Crippen molar-refractivity contribution in [3.05, 3.63) is 23.3 Å². The third-order valence-electron chi connectivity index (χ3n) is 4.03. The summed E-state index contributed by atoms with van der Waals surface area (Å²) in [5, 5.41) is 3.25. The molecule has 1 fully saturated rings. The highest BCUT2D eigenvalue weighted by Crippen LogP contribution is 2.36. The molecular weight excluding hydrogens is 276 g/mol. The number of thioether (sulfide) groups is 1. The predicted octanol–water partition coefficient (Wildman–Crippen LogP) is 0.962. The van der Waals surface area contributed by atoms with E-state index in [2.05, 4.69) is 11.4 Å². The first-order valence-corrected chi connectivity index (χ1v) is 7.98. The van der Waals surface area contributed by atoms with Crippen LogP contribution in [0.5, 0.6) is 11.5 Å². The molecule has 6 heteroatoms. The summed E-state index contributed by atoms with van der Waals surface area (Å²) in [4.78, 5) is 14.4. The van der Waals surface area contributed by atoms with E-state index < -0.39 is 0 Å². The van der Waals surface area contributed by atoms with Crippen molar-refractivity contribution in [3.63, 3.8) is 0 Å². The largest absolute Gasteiger partial charge is 0.454 e. The van der Waals surface area contributed by atoms with Gasteiger partial charge in [0, 0.05) is 24.7 Å². The Morgan fingerprint density at radius 2 is 2.10 bits per heavy atom. The van der Waals surface area contributed by atoms with E-state index in [4.69, 9.17) is 9.47 Å². The summed E-state index contributed by atoms with van der Waals surface area (Å²) >= 11 is 1.78. The van der Waals surface area contributed by atoms with Crippen molar-refractivity contribution in [2.24, 2.45) is 0 Å². The van der Waals surface area contributed by atoms with Gasteiger partial charge in [-0.3, -0.25) is 10.1 Å². The molecular formula is C14H16N2O3S. The van der Waals surface area contributed by atoms with Crippen LogP contribution in [0.25, 0.3) is 0 Å². The monoisotopic (exact) mass is 292 g/mol. The van der Waals surface area contributed by atoms with Crippen LogP contribution in [-0.4, -0.2) is 41.8 Å². The lowest BCUT2D eigenvalue weighted by Crippen LogP contribution is -2.46. The zero-order valence-electron chi connectivity index (χ0n) is 11.1. The highest BCUT2D eigenvalue weighted by atomic mass is 32.2. The minimum absolute atomic E-state index is 0.0180. The summed E-state index contributed by atoms with van der Waals surface area (Å²) in [6.07, 6.45) is 0.886. The standard InChI is InChI=1S/C14H16N2O3S/c17-14(11-6-20-7-15-11)16-2-1-9-3-12-13(19-8-18-12)4-10(9)5-16/h3-4,11,15H,1-2,5-8H2. The number of ether oxygens (including phenoxy) is 2. The van der Waals surface area contributed by atoms with Crippen molar-refractivity contribution in [1.82, 2.24) is 10.2 Å². The lowest BCUT2D eigenvalue weighted by molar-refractivity contribution is -0.133. The molecule has 1 unspecified atom stereocenters. The topological polar surface area (TPSA) is 50.8 Å². The fourth-order valence-electron chi connectivity index (χ4n) is 2.91. The quantitative estimate of drug-likeness (QED) is 0.835. The van der Waals surface area contributed by atoms with E-state index in [1.165, 1.54) is 11.1 Å². The molecule has 1 N–H and O–H groups in total. The molecule has 0 saturated carbocycles. The second-order valence-corrected chi connectivity index (χ2v) is 6.29. The van der Waals surface area contributed by atoms with Gasteiger partial charge in [0.15, 0.2) is 11.5 Å². The van der Waals surface area contributed by atoms with E-state index in [0.29, 0.717) is 13.3 Å².